The van der Waals surface area contributed by atoms with E-state index in [1.165, 1.54) is 0 Å². The van der Waals surface area contributed by atoms with E-state index >= 15 is 0 Å². The summed E-state index contributed by atoms with van der Waals surface area (Å²) >= 11 is 0. The average molecular weight is 700 g/mol. The molecular formula is C42H57N3O6. The first-order valence-electron chi connectivity index (χ1n) is 18.0. The van der Waals surface area contributed by atoms with E-state index in [1.807, 2.05) is 92.7 Å². The molecule has 0 aromatic heterocycles. The van der Waals surface area contributed by atoms with Crippen LogP contribution in [-0.4, -0.2) is 58.6 Å². The lowest BCUT2D eigenvalue weighted by atomic mass is 9.95. The molecule has 2 N–H and O–H groups in total. The second-order valence-electron chi connectivity index (χ2n) is 15.2. The summed E-state index contributed by atoms with van der Waals surface area (Å²) in [7, 11) is 0. The summed E-state index contributed by atoms with van der Waals surface area (Å²) in [6, 6.07) is 21.4. The number of aryl methyl sites for hydroxylation is 2. The molecule has 0 bridgehead atoms. The molecule has 9 heteroatoms. The molecule has 0 fully saturated rings. The number of amides is 3. The summed E-state index contributed by atoms with van der Waals surface area (Å²) in [5.74, 6) is -1.52. The van der Waals surface area contributed by atoms with Gasteiger partial charge in [-0.2, -0.15) is 0 Å². The molecule has 276 valence electrons. The van der Waals surface area contributed by atoms with Gasteiger partial charge in [0.15, 0.2) is 0 Å². The Hall–Kier alpha value is -4.66. The molecule has 0 aliphatic heterocycles. The predicted molar refractivity (Wildman–Crippen MR) is 201 cm³/mol. The molecule has 3 atom stereocenters. The van der Waals surface area contributed by atoms with Gasteiger partial charge < -0.3 is 25.0 Å². The van der Waals surface area contributed by atoms with Crippen LogP contribution in [0.3, 0.4) is 0 Å². The highest BCUT2D eigenvalue weighted by atomic mass is 16.6. The van der Waals surface area contributed by atoms with Gasteiger partial charge >= 0.3 is 12.1 Å². The first kappa shape index (κ1) is 40.8. The van der Waals surface area contributed by atoms with Crippen LogP contribution < -0.4 is 10.6 Å². The van der Waals surface area contributed by atoms with Crippen LogP contribution in [-0.2, 0) is 36.7 Å². The van der Waals surface area contributed by atoms with Gasteiger partial charge in [0.1, 0.15) is 29.3 Å². The third-order valence-corrected chi connectivity index (χ3v) is 8.13. The van der Waals surface area contributed by atoms with Crippen molar-refractivity contribution in [1.29, 1.82) is 0 Å². The Morgan fingerprint density at radius 1 is 0.706 bits per heavy atom. The third-order valence-electron chi connectivity index (χ3n) is 8.13. The number of nitrogens with one attached hydrogen (secondary N) is 2. The van der Waals surface area contributed by atoms with Crippen LogP contribution in [0.2, 0.25) is 0 Å². The van der Waals surface area contributed by atoms with Crippen molar-refractivity contribution >= 4 is 23.9 Å². The molecule has 3 amide bonds. The maximum atomic E-state index is 14.9. The summed E-state index contributed by atoms with van der Waals surface area (Å²) in [5.41, 5.74) is 2.55. The Labute approximate surface area is 304 Å². The topological polar surface area (TPSA) is 114 Å². The van der Waals surface area contributed by atoms with Crippen LogP contribution in [0.4, 0.5) is 4.79 Å². The molecule has 3 unspecified atom stereocenters. The lowest BCUT2D eigenvalue weighted by Crippen LogP contribution is -2.55. The fourth-order valence-corrected chi connectivity index (χ4v) is 5.85. The number of benzene rings is 3. The number of alkyl carbamates (subject to hydrolysis) is 1. The first-order chi connectivity index (χ1) is 24.0. The average Bonchev–Trinajstić information content (AvgIpc) is 3.03. The Balaban J connectivity index is 2.14. The van der Waals surface area contributed by atoms with E-state index in [0.29, 0.717) is 12.0 Å². The van der Waals surface area contributed by atoms with Crippen molar-refractivity contribution in [1.82, 2.24) is 15.5 Å². The largest absolute Gasteiger partial charge is 0.458 e. The monoisotopic (exact) mass is 699 g/mol. The van der Waals surface area contributed by atoms with Crippen LogP contribution in [0.5, 0.6) is 0 Å². The number of hydrogen-bond donors (Lipinski definition) is 2. The van der Waals surface area contributed by atoms with E-state index in [2.05, 4.69) is 17.6 Å². The number of unbranched alkanes of at least 4 members (excludes halogenated alkanes) is 2. The minimum absolute atomic E-state index is 0.180. The second-order valence-corrected chi connectivity index (χ2v) is 15.2. The Kier molecular flexibility index (Phi) is 14.8. The van der Waals surface area contributed by atoms with E-state index in [4.69, 9.17) is 9.47 Å². The van der Waals surface area contributed by atoms with Crippen LogP contribution in [0.15, 0.2) is 78.9 Å². The van der Waals surface area contributed by atoms with Gasteiger partial charge in [0.2, 0.25) is 11.8 Å². The molecule has 0 heterocycles. The number of rotatable bonds is 15. The zero-order chi connectivity index (χ0) is 37.8. The van der Waals surface area contributed by atoms with Gasteiger partial charge in [0, 0.05) is 19.4 Å². The molecule has 0 spiro atoms. The summed E-state index contributed by atoms with van der Waals surface area (Å²) in [6.07, 6.45) is 1.99. The smallest absolute Gasteiger partial charge is 0.408 e. The Morgan fingerprint density at radius 3 is 1.76 bits per heavy atom. The molecule has 3 aromatic carbocycles. The summed E-state index contributed by atoms with van der Waals surface area (Å²) in [4.78, 5) is 58.1. The molecule has 3 aromatic rings. The zero-order valence-corrected chi connectivity index (χ0v) is 31.9. The second kappa shape index (κ2) is 18.5. The standard InChI is InChI=1S/C42H57N3O6/c1-10-11-18-25-45(38(47)34(27-31-19-14-12-15-20-31)44-40(49)51-42(7,8)9)36(33-24-23-29(2)26-30(33)3)37(46)43-35(39(48)50-41(4,5)6)28-32-21-16-13-17-22-32/h12-17,19-24,26,34-36H,10-11,18,25,27-28H2,1-9H3,(H,43,46)(H,44,49). The van der Waals surface area contributed by atoms with Gasteiger partial charge in [-0.15, -0.1) is 0 Å². The lowest BCUT2D eigenvalue weighted by Gasteiger charge is -2.36. The molecule has 51 heavy (non-hydrogen) atoms. The number of esters is 1. The molecular weight excluding hydrogens is 642 g/mol. The molecule has 9 nitrogen and oxygen atoms in total. The van der Waals surface area contributed by atoms with Crippen LogP contribution in [0, 0.1) is 13.8 Å². The van der Waals surface area contributed by atoms with Crippen LogP contribution in [0.1, 0.15) is 102 Å². The molecule has 0 aliphatic carbocycles. The van der Waals surface area contributed by atoms with Gasteiger partial charge in [-0.3, -0.25) is 9.59 Å². The first-order valence-corrected chi connectivity index (χ1v) is 18.0. The molecule has 0 saturated carbocycles. The maximum absolute atomic E-state index is 14.9. The summed E-state index contributed by atoms with van der Waals surface area (Å²) in [5, 5.41) is 5.82. The third kappa shape index (κ3) is 13.5. The van der Waals surface area contributed by atoms with Crippen molar-refractivity contribution in [3.8, 4) is 0 Å². The van der Waals surface area contributed by atoms with E-state index in [0.717, 1.165) is 35.1 Å². The van der Waals surface area contributed by atoms with Crippen molar-refractivity contribution in [2.75, 3.05) is 6.54 Å². The lowest BCUT2D eigenvalue weighted by molar-refractivity contribution is -0.159. The number of ether oxygens (including phenoxy) is 2. The van der Waals surface area contributed by atoms with Crippen molar-refractivity contribution in [2.45, 2.75) is 124 Å². The quantitative estimate of drug-likeness (QED) is 0.125. The van der Waals surface area contributed by atoms with Crippen molar-refractivity contribution in [3.05, 3.63) is 107 Å². The van der Waals surface area contributed by atoms with Crippen molar-refractivity contribution in [3.63, 3.8) is 0 Å². The van der Waals surface area contributed by atoms with Crippen LogP contribution in [0.25, 0.3) is 0 Å². The molecule has 0 radical (unpaired) electrons. The minimum atomic E-state index is -1.12. The Morgan fingerprint density at radius 2 is 1.25 bits per heavy atom. The minimum Gasteiger partial charge on any atom is -0.458 e. The highest BCUT2D eigenvalue weighted by Crippen LogP contribution is 2.28. The number of carbonyl (C=O) groups is 4. The molecule has 0 saturated heterocycles. The van der Waals surface area contributed by atoms with E-state index in [9.17, 15) is 19.2 Å². The fraction of sp³-hybridized carbons (Fsp3) is 0.476. The van der Waals surface area contributed by atoms with Gasteiger partial charge in [-0.1, -0.05) is 104 Å². The Bertz CT molecular complexity index is 1590. The SMILES string of the molecule is CCCCCN(C(=O)C(Cc1ccccc1)NC(=O)OC(C)(C)C)C(C(=O)NC(Cc1ccccc1)C(=O)OC(C)(C)C)c1ccc(C)cc1C. The number of nitrogens with zero attached hydrogens (tertiary/aromatic N) is 1. The maximum Gasteiger partial charge on any atom is 0.408 e. The zero-order valence-electron chi connectivity index (χ0n) is 31.9. The van der Waals surface area contributed by atoms with E-state index in [1.54, 1.807) is 46.4 Å². The molecule has 0 aliphatic rings. The van der Waals surface area contributed by atoms with Crippen molar-refractivity contribution < 1.29 is 28.7 Å². The summed E-state index contributed by atoms with van der Waals surface area (Å²) < 4.78 is 11.4. The normalized spacial score (nSPS) is 13.4. The highest BCUT2D eigenvalue weighted by Gasteiger charge is 2.39. The van der Waals surface area contributed by atoms with E-state index < -0.39 is 53.2 Å². The number of hydrogen-bond acceptors (Lipinski definition) is 6. The fourth-order valence-electron chi connectivity index (χ4n) is 5.85. The number of carbonyl (C=O) groups excluding carboxylic acids is 4. The van der Waals surface area contributed by atoms with Crippen molar-refractivity contribution in [2.24, 2.45) is 0 Å². The van der Waals surface area contributed by atoms with E-state index in [-0.39, 0.29) is 19.4 Å². The predicted octanol–water partition coefficient (Wildman–Crippen LogP) is 7.57. The van der Waals surface area contributed by atoms with Gasteiger partial charge in [0.25, 0.3) is 0 Å². The van der Waals surface area contributed by atoms with Gasteiger partial charge in [0.05, 0.1) is 0 Å². The highest BCUT2D eigenvalue weighted by molar-refractivity contribution is 5.94. The van der Waals surface area contributed by atoms with Gasteiger partial charge in [-0.25, -0.2) is 9.59 Å². The molecule has 3 rings (SSSR count). The van der Waals surface area contributed by atoms with Crippen LogP contribution >= 0.6 is 0 Å². The summed E-state index contributed by atoms with van der Waals surface area (Å²) in [6.45, 7) is 16.8. The van der Waals surface area contributed by atoms with Gasteiger partial charge in [-0.05, 0) is 84.1 Å².